The van der Waals surface area contributed by atoms with Crippen LogP contribution in [0.3, 0.4) is 0 Å². The summed E-state index contributed by atoms with van der Waals surface area (Å²) < 4.78 is 35.0. The second kappa shape index (κ2) is 7.08. The van der Waals surface area contributed by atoms with Crippen LogP contribution in [0.15, 0.2) is 24.3 Å². The lowest BCUT2D eigenvalue weighted by Gasteiger charge is -2.58. The number of benzene rings is 1. The topological polar surface area (TPSA) is 82.6 Å². The number of urea groups is 1. The second-order valence-corrected chi connectivity index (χ2v) is 8.72. The van der Waals surface area contributed by atoms with Crippen molar-refractivity contribution in [2.45, 2.75) is 25.2 Å². The number of amides is 3. The van der Waals surface area contributed by atoms with E-state index in [1.165, 1.54) is 24.3 Å². The fourth-order valence-corrected chi connectivity index (χ4v) is 4.76. The maximum atomic E-state index is 13.1. The Morgan fingerprint density at radius 1 is 1.00 bits per heavy atom. The first-order chi connectivity index (χ1) is 14.7. The normalized spacial score (nSPS) is 23.8. The predicted octanol–water partition coefficient (Wildman–Crippen LogP) is 1.74. The summed E-state index contributed by atoms with van der Waals surface area (Å²) in [6, 6.07) is 4.31. The van der Waals surface area contributed by atoms with E-state index in [9.17, 15) is 23.5 Å². The van der Waals surface area contributed by atoms with Crippen molar-refractivity contribution in [2.75, 3.05) is 39.3 Å². The second-order valence-electron chi connectivity index (χ2n) is 8.72. The summed E-state index contributed by atoms with van der Waals surface area (Å²) in [5.74, 6) is -0.326. The minimum Gasteiger partial charge on any atom is -0.395 e. The van der Waals surface area contributed by atoms with Gasteiger partial charge in [-0.2, -0.15) is 0 Å². The van der Waals surface area contributed by atoms with Crippen LogP contribution in [-0.4, -0.2) is 83.4 Å². The number of carbonyl (C=O) groups is 2. The van der Waals surface area contributed by atoms with Crippen LogP contribution in [0.1, 0.15) is 18.4 Å². The number of ether oxygens (including phenoxy) is 2. The van der Waals surface area contributed by atoms with Gasteiger partial charge in [0, 0.05) is 50.8 Å². The van der Waals surface area contributed by atoms with Gasteiger partial charge >= 0.3 is 12.3 Å². The minimum atomic E-state index is -3.67. The van der Waals surface area contributed by atoms with E-state index in [1.54, 1.807) is 15.9 Å². The van der Waals surface area contributed by atoms with E-state index < -0.39 is 6.29 Å². The quantitative estimate of drug-likeness (QED) is 0.716. The third-order valence-corrected chi connectivity index (χ3v) is 6.37. The number of fused-ring (bicyclic) bond motifs is 1. The van der Waals surface area contributed by atoms with Crippen molar-refractivity contribution in [1.82, 2.24) is 14.7 Å². The molecule has 4 aliphatic rings. The Labute approximate surface area is 177 Å². The van der Waals surface area contributed by atoms with Crippen molar-refractivity contribution in [1.29, 1.82) is 0 Å². The Morgan fingerprint density at radius 2 is 1.65 bits per heavy atom. The van der Waals surface area contributed by atoms with Gasteiger partial charge < -0.3 is 29.3 Å². The molecule has 0 aromatic heterocycles. The van der Waals surface area contributed by atoms with Gasteiger partial charge in [-0.15, -0.1) is 8.78 Å². The first-order valence-corrected chi connectivity index (χ1v) is 10.3. The Morgan fingerprint density at radius 3 is 2.32 bits per heavy atom. The van der Waals surface area contributed by atoms with Crippen LogP contribution in [0, 0.1) is 5.41 Å². The fraction of sp³-hybridized carbons (Fsp3) is 0.524. The van der Waals surface area contributed by atoms with Crippen LogP contribution in [0.5, 0.6) is 11.5 Å². The van der Waals surface area contributed by atoms with Gasteiger partial charge in [-0.05, 0) is 36.6 Å². The van der Waals surface area contributed by atoms with E-state index in [-0.39, 0.29) is 35.0 Å². The van der Waals surface area contributed by atoms with Crippen molar-refractivity contribution in [3.8, 4) is 11.5 Å². The number of piperazine rings is 1. The molecule has 8 nitrogen and oxygen atoms in total. The summed E-state index contributed by atoms with van der Waals surface area (Å²) in [6.45, 7) is 3.19. The first-order valence-electron chi connectivity index (χ1n) is 10.3. The predicted molar refractivity (Wildman–Crippen MR) is 104 cm³/mol. The summed E-state index contributed by atoms with van der Waals surface area (Å²) in [6.07, 6.45) is 0.571. The molecule has 0 unspecified atom stereocenters. The van der Waals surface area contributed by atoms with Gasteiger partial charge in [0.15, 0.2) is 11.5 Å². The van der Waals surface area contributed by atoms with E-state index in [0.29, 0.717) is 44.8 Å². The lowest BCUT2D eigenvalue weighted by molar-refractivity contribution is -0.286. The smallest absolute Gasteiger partial charge is 0.395 e. The Balaban J connectivity index is 1.10. The average Bonchev–Trinajstić information content (AvgIpc) is 3.00. The molecule has 0 bridgehead atoms. The zero-order valence-electron chi connectivity index (χ0n) is 16.8. The molecule has 10 heteroatoms. The van der Waals surface area contributed by atoms with Gasteiger partial charge in [0.2, 0.25) is 5.91 Å². The van der Waals surface area contributed by atoms with E-state index >= 15 is 0 Å². The Kier molecular flexibility index (Phi) is 4.58. The van der Waals surface area contributed by atoms with Crippen LogP contribution in [0.2, 0.25) is 0 Å². The molecular formula is C21H23F2N3O5. The van der Waals surface area contributed by atoms with Crippen molar-refractivity contribution in [3.05, 3.63) is 29.8 Å². The third-order valence-electron chi connectivity index (χ3n) is 6.37. The molecule has 3 amide bonds. The first kappa shape index (κ1) is 20.0. The molecule has 1 aromatic carbocycles. The fourth-order valence-electron chi connectivity index (χ4n) is 4.76. The molecule has 2 saturated heterocycles. The number of aliphatic hydroxyl groups is 1. The molecule has 1 N–H and O–H groups in total. The van der Waals surface area contributed by atoms with Crippen LogP contribution in [-0.2, 0) is 4.79 Å². The number of carbonyl (C=O) groups excluding carboxylic acids is 2. The van der Waals surface area contributed by atoms with Gasteiger partial charge in [0.1, 0.15) is 0 Å². The number of aliphatic hydroxyl groups excluding tert-OH is 1. The van der Waals surface area contributed by atoms with Gasteiger partial charge in [-0.3, -0.25) is 4.79 Å². The molecule has 5 rings (SSSR count). The van der Waals surface area contributed by atoms with Gasteiger partial charge in [0.05, 0.1) is 6.10 Å². The van der Waals surface area contributed by atoms with Crippen molar-refractivity contribution in [2.24, 2.45) is 5.41 Å². The summed E-state index contributed by atoms with van der Waals surface area (Å²) in [7, 11) is 0. The van der Waals surface area contributed by atoms with Gasteiger partial charge in [-0.1, -0.05) is 6.07 Å². The molecular weight excluding hydrogens is 412 g/mol. The number of alkyl halides is 2. The SMILES string of the molecule is O=C(/C=C/c1ccc2c(c1)OC(F)(F)O2)N1CCN(C(=O)N2CC3(CC(O)C3)C2)CC1. The summed E-state index contributed by atoms with van der Waals surface area (Å²) in [4.78, 5) is 30.3. The van der Waals surface area contributed by atoms with Crippen molar-refractivity contribution in [3.63, 3.8) is 0 Å². The summed E-state index contributed by atoms with van der Waals surface area (Å²) in [5, 5.41) is 9.48. The number of hydrogen-bond donors (Lipinski definition) is 1. The van der Waals surface area contributed by atoms with Crippen LogP contribution >= 0.6 is 0 Å². The number of nitrogens with zero attached hydrogens (tertiary/aromatic N) is 3. The largest absolute Gasteiger partial charge is 0.586 e. The summed E-state index contributed by atoms with van der Waals surface area (Å²) in [5.41, 5.74) is 0.664. The molecule has 1 saturated carbocycles. The maximum absolute atomic E-state index is 13.1. The lowest BCUT2D eigenvalue weighted by Crippen LogP contribution is -2.67. The zero-order valence-corrected chi connectivity index (χ0v) is 16.8. The average molecular weight is 435 g/mol. The molecule has 3 aliphatic heterocycles. The highest BCUT2D eigenvalue weighted by molar-refractivity contribution is 5.92. The van der Waals surface area contributed by atoms with E-state index in [4.69, 9.17) is 0 Å². The Bertz CT molecular complexity index is 931. The number of hydrogen-bond acceptors (Lipinski definition) is 5. The standard InChI is InChI=1S/C21H23F2N3O5/c22-21(23)30-16-3-1-14(9-17(16)31-21)2-4-18(28)24-5-7-25(8-6-24)19(29)26-12-20(13-26)10-15(27)11-20/h1-4,9,15,27H,5-8,10-13H2/b4-2+. The zero-order chi connectivity index (χ0) is 21.8. The third kappa shape index (κ3) is 3.80. The van der Waals surface area contributed by atoms with Crippen molar-refractivity contribution < 1.29 is 33.0 Å². The highest BCUT2D eigenvalue weighted by Crippen LogP contribution is 2.48. The van der Waals surface area contributed by atoms with Crippen LogP contribution in [0.25, 0.3) is 6.08 Å². The molecule has 166 valence electrons. The number of halogens is 2. The molecule has 1 aromatic rings. The van der Waals surface area contributed by atoms with E-state index in [1.807, 2.05) is 4.90 Å². The summed E-state index contributed by atoms with van der Waals surface area (Å²) >= 11 is 0. The molecule has 31 heavy (non-hydrogen) atoms. The molecule has 3 fully saturated rings. The number of rotatable bonds is 2. The maximum Gasteiger partial charge on any atom is 0.586 e. The van der Waals surface area contributed by atoms with Crippen molar-refractivity contribution >= 4 is 18.0 Å². The highest BCUT2D eigenvalue weighted by atomic mass is 19.3. The molecule has 3 heterocycles. The van der Waals surface area contributed by atoms with E-state index in [0.717, 1.165) is 12.8 Å². The monoisotopic (exact) mass is 435 g/mol. The highest BCUT2D eigenvalue weighted by Gasteiger charge is 2.54. The van der Waals surface area contributed by atoms with Crippen LogP contribution in [0.4, 0.5) is 13.6 Å². The Hall–Kier alpha value is -2.88. The van der Waals surface area contributed by atoms with E-state index in [2.05, 4.69) is 9.47 Å². The van der Waals surface area contributed by atoms with Crippen LogP contribution < -0.4 is 9.47 Å². The molecule has 1 aliphatic carbocycles. The minimum absolute atomic E-state index is 0.00758. The number of likely N-dealkylation sites (tertiary alicyclic amines) is 1. The van der Waals surface area contributed by atoms with Gasteiger partial charge in [-0.25, -0.2) is 4.79 Å². The van der Waals surface area contributed by atoms with Gasteiger partial charge in [0.25, 0.3) is 0 Å². The molecule has 0 radical (unpaired) electrons. The molecule has 0 atom stereocenters. The molecule has 1 spiro atoms. The lowest BCUT2D eigenvalue weighted by atomic mass is 9.62.